The predicted octanol–water partition coefficient (Wildman–Crippen LogP) is 1.88. The van der Waals surface area contributed by atoms with Gasteiger partial charge in [0.2, 0.25) is 0 Å². The molecular formula is C18H26N2O5. The Bertz CT molecular complexity index is 572. The van der Waals surface area contributed by atoms with Crippen LogP contribution in [0.25, 0.3) is 0 Å². The van der Waals surface area contributed by atoms with Gasteiger partial charge in [-0.05, 0) is 31.6 Å². The lowest BCUT2D eigenvalue weighted by Crippen LogP contribution is -2.50. The molecule has 3 fully saturated rings. The molecule has 0 N–H and O–H groups in total. The van der Waals surface area contributed by atoms with Crippen molar-refractivity contribution < 1.29 is 23.5 Å². The summed E-state index contributed by atoms with van der Waals surface area (Å²) in [6, 6.07) is 0. The van der Waals surface area contributed by atoms with Crippen molar-refractivity contribution in [3.8, 4) is 0 Å². The number of piperidine rings is 1. The van der Waals surface area contributed by atoms with Crippen molar-refractivity contribution in [2.45, 2.75) is 43.8 Å². The van der Waals surface area contributed by atoms with E-state index in [1.807, 2.05) is 4.90 Å². The first-order chi connectivity index (χ1) is 12.2. The van der Waals surface area contributed by atoms with Crippen molar-refractivity contribution in [2.24, 2.45) is 5.92 Å². The van der Waals surface area contributed by atoms with Crippen molar-refractivity contribution >= 4 is 5.91 Å². The third-order valence-electron chi connectivity index (χ3n) is 5.59. The molecule has 0 radical (unpaired) electrons. The summed E-state index contributed by atoms with van der Waals surface area (Å²) in [4.78, 5) is 14.4. The van der Waals surface area contributed by atoms with Gasteiger partial charge in [0.05, 0.1) is 43.2 Å². The molecular weight excluding hydrogens is 324 g/mol. The predicted molar refractivity (Wildman–Crippen MR) is 88.2 cm³/mol. The number of likely N-dealkylation sites (tertiary alicyclic amines) is 1. The van der Waals surface area contributed by atoms with Crippen LogP contribution in [0.3, 0.4) is 0 Å². The Morgan fingerprint density at radius 3 is 3.08 bits per heavy atom. The second kappa shape index (κ2) is 7.43. The maximum Gasteiger partial charge on any atom is 0.258 e. The number of hydrogen-bond acceptors (Lipinski definition) is 6. The highest BCUT2D eigenvalue weighted by atomic mass is 16.6. The highest BCUT2D eigenvalue weighted by Gasteiger charge is 2.45. The molecule has 7 nitrogen and oxygen atoms in total. The van der Waals surface area contributed by atoms with Crippen LogP contribution >= 0.6 is 0 Å². The van der Waals surface area contributed by atoms with E-state index < -0.39 is 0 Å². The molecule has 1 aromatic heterocycles. The fourth-order valence-corrected chi connectivity index (χ4v) is 4.14. The molecule has 138 valence electrons. The minimum atomic E-state index is -0.259. The lowest BCUT2D eigenvalue weighted by Gasteiger charge is -2.39. The fraction of sp³-hybridized carbons (Fsp3) is 0.778. The van der Waals surface area contributed by atoms with Gasteiger partial charge in [0.1, 0.15) is 6.26 Å². The Morgan fingerprint density at radius 1 is 1.40 bits per heavy atom. The molecule has 1 aromatic rings. The number of carbonyl (C=O) groups is 1. The Balaban J connectivity index is 1.30. The van der Waals surface area contributed by atoms with Gasteiger partial charge in [-0.3, -0.25) is 4.79 Å². The van der Waals surface area contributed by atoms with Gasteiger partial charge < -0.3 is 23.6 Å². The molecule has 3 saturated heterocycles. The smallest absolute Gasteiger partial charge is 0.258 e. The lowest BCUT2D eigenvalue weighted by molar-refractivity contribution is -0.0477. The average Bonchev–Trinajstić information content (AvgIpc) is 3.31. The van der Waals surface area contributed by atoms with Crippen LogP contribution in [0.15, 0.2) is 17.0 Å². The molecule has 0 aliphatic carbocycles. The van der Waals surface area contributed by atoms with Crippen molar-refractivity contribution in [3.63, 3.8) is 0 Å². The third kappa shape index (κ3) is 3.88. The number of carbonyl (C=O) groups excluding carboxylic acids is 1. The van der Waals surface area contributed by atoms with Crippen LogP contribution < -0.4 is 0 Å². The molecule has 4 heterocycles. The summed E-state index contributed by atoms with van der Waals surface area (Å²) in [7, 11) is 0. The molecule has 2 atom stereocenters. The maximum atomic E-state index is 12.5. The van der Waals surface area contributed by atoms with E-state index in [4.69, 9.17) is 18.7 Å². The molecule has 1 spiro atoms. The topological polar surface area (TPSA) is 74.0 Å². The molecule has 0 bridgehead atoms. The first-order valence-corrected chi connectivity index (χ1v) is 9.26. The van der Waals surface area contributed by atoms with Gasteiger partial charge in [-0.2, -0.15) is 0 Å². The summed E-state index contributed by atoms with van der Waals surface area (Å²) >= 11 is 0. The largest absolute Gasteiger partial charge is 0.381 e. The molecule has 3 aliphatic rings. The molecule has 0 aromatic carbocycles. The van der Waals surface area contributed by atoms with Gasteiger partial charge in [-0.25, -0.2) is 0 Å². The van der Waals surface area contributed by atoms with E-state index in [1.165, 1.54) is 12.5 Å². The minimum Gasteiger partial charge on any atom is -0.381 e. The van der Waals surface area contributed by atoms with E-state index in [0.717, 1.165) is 58.5 Å². The highest BCUT2D eigenvalue weighted by molar-refractivity contribution is 5.93. The fourth-order valence-electron chi connectivity index (χ4n) is 4.14. The van der Waals surface area contributed by atoms with Gasteiger partial charge in [0.25, 0.3) is 5.91 Å². The summed E-state index contributed by atoms with van der Waals surface area (Å²) in [5.74, 6) is 0.568. The van der Waals surface area contributed by atoms with Gasteiger partial charge >= 0.3 is 0 Å². The zero-order valence-electron chi connectivity index (χ0n) is 14.5. The third-order valence-corrected chi connectivity index (χ3v) is 5.59. The van der Waals surface area contributed by atoms with E-state index in [1.54, 1.807) is 0 Å². The Morgan fingerprint density at radius 2 is 2.28 bits per heavy atom. The Labute approximate surface area is 147 Å². The molecule has 0 saturated carbocycles. The van der Waals surface area contributed by atoms with E-state index in [9.17, 15) is 4.79 Å². The molecule has 25 heavy (non-hydrogen) atoms. The van der Waals surface area contributed by atoms with Crippen LogP contribution in [0, 0.1) is 5.92 Å². The van der Waals surface area contributed by atoms with Crippen LogP contribution in [-0.2, 0) is 14.2 Å². The zero-order chi connectivity index (χ0) is 17.1. The van der Waals surface area contributed by atoms with E-state index in [0.29, 0.717) is 24.6 Å². The van der Waals surface area contributed by atoms with E-state index in [2.05, 4.69) is 5.16 Å². The van der Waals surface area contributed by atoms with Crippen molar-refractivity contribution in [3.05, 3.63) is 18.0 Å². The average molecular weight is 350 g/mol. The minimum absolute atomic E-state index is 0.0319. The van der Waals surface area contributed by atoms with Gasteiger partial charge in [-0.15, -0.1) is 0 Å². The second-order valence-corrected chi connectivity index (χ2v) is 7.45. The maximum absolute atomic E-state index is 12.5. The van der Waals surface area contributed by atoms with Crippen LogP contribution in [0.1, 0.15) is 42.5 Å². The zero-order valence-corrected chi connectivity index (χ0v) is 14.5. The van der Waals surface area contributed by atoms with Crippen molar-refractivity contribution in [1.82, 2.24) is 10.1 Å². The highest BCUT2D eigenvalue weighted by Crippen LogP contribution is 2.36. The van der Waals surface area contributed by atoms with Crippen molar-refractivity contribution in [1.29, 1.82) is 0 Å². The standard InChI is InChI=1S/C18H26N2O5/c21-17(15-9-19-25-11-15)20-5-1-4-18(13-20)8-16(12-24-18)23-10-14-2-6-22-7-3-14/h9,11,14,16H,1-8,10,12-13H2/t16-,18+/m1/s1. The molecule has 1 amide bonds. The van der Waals surface area contributed by atoms with Crippen LogP contribution in [0.5, 0.6) is 0 Å². The van der Waals surface area contributed by atoms with E-state index in [-0.39, 0.29) is 17.6 Å². The summed E-state index contributed by atoms with van der Waals surface area (Å²) < 4.78 is 22.5. The quantitative estimate of drug-likeness (QED) is 0.825. The lowest BCUT2D eigenvalue weighted by atomic mass is 9.89. The number of rotatable bonds is 4. The normalized spacial score (nSPS) is 30.9. The van der Waals surface area contributed by atoms with Gasteiger partial charge in [-0.1, -0.05) is 5.16 Å². The summed E-state index contributed by atoms with van der Waals surface area (Å²) in [5, 5.41) is 3.63. The molecule has 7 heteroatoms. The molecule has 4 rings (SSSR count). The van der Waals surface area contributed by atoms with Gasteiger partial charge in [0.15, 0.2) is 0 Å². The number of amides is 1. The van der Waals surface area contributed by atoms with Crippen LogP contribution in [0.2, 0.25) is 0 Å². The van der Waals surface area contributed by atoms with E-state index >= 15 is 0 Å². The summed E-state index contributed by atoms with van der Waals surface area (Å²) in [5.41, 5.74) is 0.244. The molecule has 3 aliphatic heterocycles. The first-order valence-electron chi connectivity index (χ1n) is 9.26. The first kappa shape index (κ1) is 17.0. The number of ether oxygens (including phenoxy) is 3. The molecule has 0 unspecified atom stereocenters. The van der Waals surface area contributed by atoms with Crippen molar-refractivity contribution in [2.75, 3.05) is 39.5 Å². The van der Waals surface area contributed by atoms with Crippen LogP contribution in [0.4, 0.5) is 0 Å². The Hall–Kier alpha value is -1.44. The monoisotopic (exact) mass is 350 g/mol. The SMILES string of the molecule is O=C(c1cnoc1)N1CCC[C@]2(C[C@@H](OCC3CCOCC3)CO2)C1. The second-order valence-electron chi connectivity index (χ2n) is 7.45. The van der Waals surface area contributed by atoms with Gasteiger partial charge in [0, 0.05) is 26.2 Å². The number of hydrogen-bond donors (Lipinski definition) is 0. The number of aromatic nitrogens is 1. The summed E-state index contributed by atoms with van der Waals surface area (Å²) in [6.45, 7) is 4.48. The van der Waals surface area contributed by atoms with Crippen LogP contribution in [-0.4, -0.2) is 67.2 Å². The summed E-state index contributed by atoms with van der Waals surface area (Å²) in [6.07, 6.45) is 7.97. The number of nitrogens with zero attached hydrogens (tertiary/aromatic N) is 2. The Kier molecular flexibility index (Phi) is 5.05.